The first-order chi connectivity index (χ1) is 20.3. The van der Waals surface area contributed by atoms with Crippen LogP contribution in [0.4, 0.5) is 5.69 Å². The number of hydrogen-bond acceptors (Lipinski definition) is 8. The second-order valence-corrected chi connectivity index (χ2v) is 10.4. The van der Waals surface area contributed by atoms with Gasteiger partial charge < -0.3 is 19.5 Å². The van der Waals surface area contributed by atoms with Crippen molar-refractivity contribution in [2.45, 2.75) is 26.8 Å². The highest BCUT2D eigenvalue weighted by atomic mass is 32.1. The van der Waals surface area contributed by atoms with E-state index >= 15 is 0 Å². The average molecular weight is 584 g/mol. The van der Waals surface area contributed by atoms with Crippen molar-refractivity contribution in [1.29, 1.82) is 0 Å². The zero-order valence-electron chi connectivity index (χ0n) is 23.5. The Morgan fingerprint density at radius 2 is 1.79 bits per heavy atom. The Morgan fingerprint density at radius 3 is 2.45 bits per heavy atom. The van der Waals surface area contributed by atoms with Crippen molar-refractivity contribution < 1.29 is 23.8 Å². The summed E-state index contributed by atoms with van der Waals surface area (Å²) in [6.45, 7) is 5.51. The molecule has 0 aliphatic carbocycles. The smallest absolute Gasteiger partial charge is 0.308 e. The average Bonchev–Trinajstić information content (AvgIpc) is 3.27. The van der Waals surface area contributed by atoms with Crippen LogP contribution < -0.4 is 34.4 Å². The molecule has 0 saturated heterocycles. The van der Waals surface area contributed by atoms with E-state index in [1.54, 1.807) is 47.9 Å². The van der Waals surface area contributed by atoms with E-state index in [0.717, 1.165) is 5.56 Å². The molecule has 214 valence electrons. The van der Waals surface area contributed by atoms with Crippen LogP contribution in [-0.2, 0) is 9.59 Å². The minimum atomic E-state index is -0.719. The summed E-state index contributed by atoms with van der Waals surface area (Å²) in [5, 5.41) is 2.95. The van der Waals surface area contributed by atoms with Crippen LogP contribution in [-0.4, -0.2) is 30.2 Å². The van der Waals surface area contributed by atoms with Gasteiger partial charge in [0, 0.05) is 12.6 Å². The highest BCUT2D eigenvalue weighted by molar-refractivity contribution is 7.07. The summed E-state index contributed by atoms with van der Waals surface area (Å²) in [4.78, 5) is 44.3. The van der Waals surface area contributed by atoms with Crippen LogP contribution in [0.2, 0.25) is 0 Å². The lowest BCUT2D eigenvalue weighted by molar-refractivity contribution is -0.132. The number of benzene rings is 3. The number of methoxy groups -OCH3 is 1. The van der Waals surface area contributed by atoms with Gasteiger partial charge in [-0.2, -0.15) is 0 Å². The van der Waals surface area contributed by atoms with E-state index in [1.807, 2.05) is 49.4 Å². The largest absolute Gasteiger partial charge is 0.494 e. The summed E-state index contributed by atoms with van der Waals surface area (Å²) < 4.78 is 18.2. The van der Waals surface area contributed by atoms with E-state index in [4.69, 9.17) is 14.2 Å². The Morgan fingerprint density at radius 1 is 1.05 bits per heavy atom. The molecule has 0 unspecified atom stereocenters. The number of carbonyl (C=O) groups is 2. The number of aromatic nitrogens is 1. The number of rotatable bonds is 8. The summed E-state index contributed by atoms with van der Waals surface area (Å²) in [6.07, 6.45) is 1.72. The van der Waals surface area contributed by atoms with Crippen LogP contribution >= 0.6 is 11.3 Å². The molecule has 0 radical (unpaired) electrons. The van der Waals surface area contributed by atoms with Crippen molar-refractivity contribution in [3.63, 3.8) is 0 Å². The molecule has 1 aliphatic heterocycles. The zero-order chi connectivity index (χ0) is 29.8. The molecular weight excluding hydrogens is 554 g/mol. The number of para-hydroxylation sites is 1. The van der Waals surface area contributed by atoms with Crippen molar-refractivity contribution in [3.05, 3.63) is 115 Å². The third-order valence-electron chi connectivity index (χ3n) is 6.54. The fraction of sp³-hybridized carbons (Fsp3) is 0.188. The molecular formula is C32H29N3O6S. The highest BCUT2D eigenvalue weighted by Crippen LogP contribution is 2.32. The van der Waals surface area contributed by atoms with E-state index in [0.29, 0.717) is 50.0 Å². The van der Waals surface area contributed by atoms with Gasteiger partial charge in [0.25, 0.3) is 11.5 Å². The van der Waals surface area contributed by atoms with E-state index in [-0.39, 0.29) is 17.2 Å². The molecule has 1 N–H and O–H groups in total. The molecule has 0 saturated carbocycles. The Hall–Kier alpha value is -4.96. The number of fused-ring (bicyclic) bond motifs is 1. The summed E-state index contributed by atoms with van der Waals surface area (Å²) >= 11 is 1.23. The molecule has 9 nitrogen and oxygen atoms in total. The van der Waals surface area contributed by atoms with Gasteiger partial charge in [-0.1, -0.05) is 47.7 Å². The zero-order valence-corrected chi connectivity index (χ0v) is 24.4. The van der Waals surface area contributed by atoms with Crippen LogP contribution in [0.5, 0.6) is 17.2 Å². The van der Waals surface area contributed by atoms with Gasteiger partial charge in [0.15, 0.2) is 16.3 Å². The molecule has 3 aromatic carbocycles. The molecule has 5 rings (SSSR count). The summed E-state index contributed by atoms with van der Waals surface area (Å²) in [7, 11) is 1.47. The lowest BCUT2D eigenvalue weighted by atomic mass is 9.95. The normalized spacial score (nSPS) is 14.6. The van der Waals surface area contributed by atoms with Crippen LogP contribution in [0.25, 0.3) is 6.08 Å². The van der Waals surface area contributed by atoms with Gasteiger partial charge >= 0.3 is 5.97 Å². The Labute approximate surface area is 246 Å². The maximum absolute atomic E-state index is 14.0. The van der Waals surface area contributed by atoms with Gasteiger partial charge in [0.1, 0.15) is 5.75 Å². The van der Waals surface area contributed by atoms with Crippen LogP contribution in [0, 0.1) is 0 Å². The molecule has 1 aliphatic rings. The van der Waals surface area contributed by atoms with Gasteiger partial charge in [-0.05, 0) is 67.4 Å². The first-order valence-electron chi connectivity index (χ1n) is 13.3. The lowest BCUT2D eigenvalue weighted by Gasteiger charge is -2.25. The molecule has 10 heteroatoms. The number of nitrogens with one attached hydrogen (secondary N) is 1. The Balaban J connectivity index is 1.63. The summed E-state index contributed by atoms with van der Waals surface area (Å²) in [6, 6.07) is 20.8. The minimum Gasteiger partial charge on any atom is -0.494 e. The van der Waals surface area contributed by atoms with E-state index in [1.165, 1.54) is 25.4 Å². The van der Waals surface area contributed by atoms with Crippen molar-refractivity contribution in [3.8, 4) is 17.2 Å². The maximum Gasteiger partial charge on any atom is 0.308 e. The van der Waals surface area contributed by atoms with Gasteiger partial charge in [-0.3, -0.25) is 19.0 Å². The van der Waals surface area contributed by atoms with E-state index in [9.17, 15) is 14.4 Å². The number of nitrogens with zero attached hydrogens (tertiary/aromatic N) is 2. The van der Waals surface area contributed by atoms with Gasteiger partial charge in [0.2, 0.25) is 0 Å². The van der Waals surface area contributed by atoms with Gasteiger partial charge in [0.05, 0.1) is 35.6 Å². The molecule has 1 atom stereocenters. The number of carbonyl (C=O) groups excluding carboxylic acids is 2. The molecule has 2 heterocycles. The summed E-state index contributed by atoms with van der Waals surface area (Å²) in [5.74, 6) is 0.516. The topological polar surface area (TPSA) is 108 Å². The van der Waals surface area contributed by atoms with E-state index in [2.05, 4.69) is 10.3 Å². The van der Waals surface area contributed by atoms with Gasteiger partial charge in [-0.15, -0.1) is 0 Å². The molecule has 0 fully saturated rings. The fourth-order valence-electron chi connectivity index (χ4n) is 4.72. The monoisotopic (exact) mass is 583 g/mol. The van der Waals surface area contributed by atoms with Gasteiger partial charge in [-0.25, -0.2) is 4.99 Å². The second-order valence-electron chi connectivity index (χ2n) is 9.41. The number of allylic oxidation sites excluding steroid dienone is 1. The first kappa shape index (κ1) is 28.6. The molecule has 4 aromatic rings. The third kappa shape index (κ3) is 5.89. The molecule has 1 amide bonds. The van der Waals surface area contributed by atoms with Crippen molar-refractivity contribution in [1.82, 2.24) is 4.57 Å². The maximum atomic E-state index is 14.0. The quantitative estimate of drug-likeness (QED) is 0.246. The standard InChI is InChI=1S/C32H29N3O6S/c1-5-40-24-14-12-22(13-15-24)29-28(30(37)34-23-9-7-6-8-10-23)19(2)33-32-35(29)31(38)27(42-32)18-21-11-16-25(41-20(3)36)26(17-21)39-4/h6-18,29H,5H2,1-4H3,(H,34,37)/b27-18-/t29-/m0/s1. The Bertz CT molecular complexity index is 1860. The highest BCUT2D eigenvalue weighted by Gasteiger charge is 2.32. The third-order valence-corrected chi connectivity index (χ3v) is 7.53. The number of ether oxygens (including phenoxy) is 3. The van der Waals surface area contributed by atoms with Crippen molar-refractivity contribution in [2.75, 3.05) is 19.0 Å². The number of hydrogen-bond donors (Lipinski definition) is 1. The predicted molar refractivity (Wildman–Crippen MR) is 161 cm³/mol. The lowest BCUT2D eigenvalue weighted by Crippen LogP contribution is -2.40. The molecule has 0 spiro atoms. The number of esters is 1. The van der Waals surface area contributed by atoms with Crippen LogP contribution in [0.15, 0.2) is 93.9 Å². The molecule has 1 aromatic heterocycles. The summed E-state index contributed by atoms with van der Waals surface area (Å²) in [5.41, 5.74) is 2.64. The SMILES string of the molecule is CCOc1ccc([C@H]2C(C(=O)Nc3ccccc3)=C(C)N=c3s/c(=C\c4ccc(OC(C)=O)c(OC)c4)c(=O)n32)cc1. The minimum absolute atomic E-state index is 0.281. The predicted octanol–water partition coefficient (Wildman–Crippen LogP) is 4.21. The van der Waals surface area contributed by atoms with Crippen molar-refractivity contribution in [2.24, 2.45) is 4.99 Å². The fourth-order valence-corrected chi connectivity index (χ4v) is 5.77. The number of anilines is 1. The molecule has 0 bridgehead atoms. The first-order valence-corrected chi connectivity index (χ1v) is 14.1. The number of amides is 1. The number of thiazole rings is 1. The second kappa shape index (κ2) is 12.3. The Kier molecular flexibility index (Phi) is 8.35. The van der Waals surface area contributed by atoms with Crippen LogP contribution in [0.1, 0.15) is 37.9 Å². The molecule has 42 heavy (non-hydrogen) atoms. The van der Waals surface area contributed by atoms with E-state index < -0.39 is 12.0 Å². The van der Waals surface area contributed by atoms with Crippen molar-refractivity contribution >= 4 is 35.0 Å². The van der Waals surface area contributed by atoms with Crippen LogP contribution in [0.3, 0.4) is 0 Å².